The number of carbonyl (C=O) groups is 3. The Hall–Kier alpha value is -2.61. The number of hydrogen-bond donors (Lipinski definition) is 1. The molecule has 32 heavy (non-hydrogen) atoms. The standard InChI is InChI=1S/C24H35N5O3/c1-26-13-15-27(16-14-26)23(31)20-8-6-19(7-9-20)17-25-22(30)21-5-4-12-29(18-21)24(32)28-10-2-3-11-28/h6-9,21H,2-5,10-18H2,1H3,(H,25,30). The number of amides is 4. The van der Waals surface area contributed by atoms with Crippen LogP contribution in [-0.2, 0) is 11.3 Å². The van der Waals surface area contributed by atoms with Gasteiger partial charge in [0.2, 0.25) is 5.91 Å². The van der Waals surface area contributed by atoms with Crippen LogP contribution >= 0.6 is 0 Å². The Bertz CT molecular complexity index is 813. The fourth-order valence-corrected chi connectivity index (χ4v) is 4.76. The predicted octanol–water partition coefficient (Wildman–Crippen LogP) is 1.62. The van der Waals surface area contributed by atoms with E-state index in [0.717, 1.165) is 77.1 Å². The molecule has 1 N–H and O–H groups in total. The fraction of sp³-hybridized carbons (Fsp3) is 0.625. The lowest BCUT2D eigenvalue weighted by atomic mass is 9.97. The van der Waals surface area contributed by atoms with Crippen molar-refractivity contribution in [2.75, 3.05) is 59.4 Å². The second-order valence-corrected chi connectivity index (χ2v) is 9.27. The molecule has 1 unspecified atom stereocenters. The Balaban J connectivity index is 1.25. The molecule has 8 nitrogen and oxygen atoms in total. The third-order valence-electron chi connectivity index (χ3n) is 6.90. The van der Waals surface area contributed by atoms with Gasteiger partial charge in [-0.2, -0.15) is 0 Å². The molecule has 1 atom stereocenters. The first-order chi connectivity index (χ1) is 15.5. The third-order valence-corrected chi connectivity index (χ3v) is 6.90. The van der Waals surface area contributed by atoms with Crippen molar-refractivity contribution in [3.05, 3.63) is 35.4 Å². The first-order valence-electron chi connectivity index (χ1n) is 11.9. The van der Waals surface area contributed by atoms with E-state index in [1.165, 1.54) is 0 Å². The van der Waals surface area contributed by atoms with Crippen molar-refractivity contribution in [3.8, 4) is 0 Å². The van der Waals surface area contributed by atoms with E-state index in [0.29, 0.717) is 18.7 Å². The molecule has 1 aromatic rings. The Morgan fingerprint density at radius 1 is 0.844 bits per heavy atom. The van der Waals surface area contributed by atoms with E-state index in [2.05, 4.69) is 17.3 Å². The van der Waals surface area contributed by atoms with Gasteiger partial charge in [0.25, 0.3) is 5.91 Å². The minimum absolute atomic E-state index is 0.00140. The van der Waals surface area contributed by atoms with E-state index >= 15 is 0 Å². The summed E-state index contributed by atoms with van der Waals surface area (Å²) in [5, 5.41) is 3.02. The van der Waals surface area contributed by atoms with Crippen molar-refractivity contribution in [2.24, 2.45) is 5.92 Å². The van der Waals surface area contributed by atoms with Crippen molar-refractivity contribution < 1.29 is 14.4 Å². The summed E-state index contributed by atoms with van der Waals surface area (Å²) in [6.45, 7) is 6.65. The molecule has 0 aromatic heterocycles. The molecule has 0 saturated carbocycles. The summed E-state index contributed by atoms with van der Waals surface area (Å²) in [5.74, 6) is -0.0893. The highest BCUT2D eigenvalue weighted by atomic mass is 16.2. The Morgan fingerprint density at radius 2 is 1.50 bits per heavy atom. The largest absolute Gasteiger partial charge is 0.352 e. The summed E-state index contributed by atoms with van der Waals surface area (Å²) in [6, 6.07) is 7.60. The number of urea groups is 1. The summed E-state index contributed by atoms with van der Waals surface area (Å²) in [4.78, 5) is 45.9. The first kappa shape index (κ1) is 22.6. The van der Waals surface area contributed by atoms with Crippen LogP contribution in [0.5, 0.6) is 0 Å². The van der Waals surface area contributed by atoms with Crippen molar-refractivity contribution in [1.82, 2.24) is 24.9 Å². The number of hydrogen-bond acceptors (Lipinski definition) is 4. The number of likely N-dealkylation sites (N-methyl/N-ethyl adjacent to an activating group) is 1. The Labute approximate surface area is 190 Å². The van der Waals surface area contributed by atoms with E-state index in [9.17, 15) is 14.4 Å². The SMILES string of the molecule is CN1CCN(C(=O)c2ccc(CNC(=O)C3CCCN(C(=O)N4CCCC4)C3)cc2)CC1. The lowest BCUT2D eigenvalue weighted by Gasteiger charge is -2.34. The zero-order valence-electron chi connectivity index (χ0n) is 19.1. The molecule has 0 aliphatic carbocycles. The van der Waals surface area contributed by atoms with E-state index < -0.39 is 0 Å². The number of likely N-dealkylation sites (tertiary alicyclic amines) is 2. The number of rotatable bonds is 4. The summed E-state index contributed by atoms with van der Waals surface area (Å²) < 4.78 is 0. The van der Waals surface area contributed by atoms with Gasteiger partial charge >= 0.3 is 6.03 Å². The van der Waals surface area contributed by atoms with Gasteiger partial charge in [0, 0.05) is 64.5 Å². The highest BCUT2D eigenvalue weighted by Crippen LogP contribution is 2.20. The zero-order chi connectivity index (χ0) is 22.5. The van der Waals surface area contributed by atoms with Gasteiger partial charge in [-0.15, -0.1) is 0 Å². The van der Waals surface area contributed by atoms with E-state index in [1.54, 1.807) is 0 Å². The lowest BCUT2D eigenvalue weighted by molar-refractivity contribution is -0.126. The van der Waals surface area contributed by atoms with Gasteiger partial charge in [-0.3, -0.25) is 9.59 Å². The molecule has 4 amide bonds. The maximum absolute atomic E-state index is 12.7. The van der Waals surface area contributed by atoms with Crippen molar-refractivity contribution >= 4 is 17.8 Å². The third kappa shape index (κ3) is 5.41. The van der Waals surface area contributed by atoms with Crippen LogP contribution in [0.4, 0.5) is 4.79 Å². The summed E-state index contributed by atoms with van der Waals surface area (Å²) >= 11 is 0. The molecule has 3 fully saturated rings. The molecule has 3 saturated heterocycles. The van der Waals surface area contributed by atoms with Gasteiger partial charge in [0.15, 0.2) is 0 Å². The molecule has 4 rings (SSSR count). The number of nitrogens with zero attached hydrogens (tertiary/aromatic N) is 4. The summed E-state index contributed by atoms with van der Waals surface area (Å²) in [6.07, 6.45) is 3.82. The number of carbonyl (C=O) groups excluding carboxylic acids is 3. The maximum atomic E-state index is 12.7. The smallest absolute Gasteiger partial charge is 0.320 e. The lowest BCUT2D eigenvalue weighted by Crippen LogP contribution is -2.49. The number of benzene rings is 1. The first-order valence-corrected chi connectivity index (χ1v) is 11.9. The Kier molecular flexibility index (Phi) is 7.29. The van der Waals surface area contributed by atoms with Crippen LogP contribution in [-0.4, -0.2) is 96.9 Å². The van der Waals surface area contributed by atoms with Gasteiger partial charge < -0.3 is 24.9 Å². The van der Waals surface area contributed by atoms with Gasteiger partial charge in [0.1, 0.15) is 0 Å². The van der Waals surface area contributed by atoms with Gasteiger partial charge in [-0.1, -0.05) is 12.1 Å². The molecule has 174 valence electrons. The van der Waals surface area contributed by atoms with Crippen LogP contribution in [0.25, 0.3) is 0 Å². The van der Waals surface area contributed by atoms with Gasteiger partial charge in [-0.25, -0.2) is 4.79 Å². The van der Waals surface area contributed by atoms with Crippen LogP contribution in [0.3, 0.4) is 0 Å². The molecule has 8 heteroatoms. The second-order valence-electron chi connectivity index (χ2n) is 9.27. The summed E-state index contributed by atoms with van der Waals surface area (Å²) in [7, 11) is 2.07. The zero-order valence-corrected chi connectivity index (χ0v) is 19.1. The van der Waals surface area contributed by atoms with Gasteiger partial charge in [0.05, 0.1) is 5.92 Å². The molecule has 1 aromatic carbocycles. The number of nitrogens with one attached hydrogen (secondary N) is 1. The topological polar surface area (TPSA) is 76.2 Å². The second kappa shape index (κ2) is 10.3. The predicted molar refractivity (Wildman–Crippen MR) is 122 cm³/mol. The summed E-state index contributed by atoms with van der Waals surface area (Å²) in [5.41, 5.74) is 1.65. The minimum Gasteiger partial charge on any atom is -0.352 e. The van der Waals surface area contributed by atoms with Crippen LogP contribution in [0.15, 0.2) is 24.3 Å². The monoisotopic (exact) mass is 441 g/mol. The average molecular weight is 442 g/mol. The highest BCUT2D eigenvalue weighted by molar-refractivity contribution is 5.94. The highest BCUT2D eigenvalue weighted by Gasteiger charge is 2.31. The van der Waals surface area contributed by atoms with Crippen LogP contribution in [0.1, 0.15) is 41.6 Å². The normalized spacial score (nSPS) is 22.2. The molecule has 0 spiro atoms. The maximum Gasteiger partial charge on any atom is 0.320 e. The van der Waals surface area contributed by atoms with Crippen molar-refractivity contribution in [1.29, 1.82) is 0 Å². The minimum atomic E-state index is -0.159. The molecule has 3 aliphatic rings. The number of piperazine rings is 1. The van der Waals surface area contributed by atoms with Crippen LogP contribution in [0, 0.1) is 5.92 Å². The van der Waals surface area contributed by atoms with Crippen molar-refractivity contribution in [2.45, 2.75) is 32.2 Å². The van der Waals surface area contributed by atoms with Crippen LogP contribution in [0.2, 0.25) is 0 Å². The van der Waals surface area contributed by atoms with E-state index in [4.69, 9.17) is 0 Å². The van der Waals surface area contributed by atoms with Gasteiger partial charge in [-0.05, 0) is 50.4 Å². The quantitative estimate of drug-likeness (QED) is 0.771. The molecular weight excluding hydrogens is 406 g/mol. The van der Waals surface area contributed by atoms with Crippen LogP contribution < -0.4 is 5.32 Å². The van der Waals surface area contributed by atoms with E-state index in [1.807, 2.05) is 39.0 Å². The van der Waals surface area contributed by atoms with E-state index in [-0.39, 0.29) is 23.8 Å². The fourth-order valence-electron chi connectivity index (χ4n) is 4.76. The Morgan fingerprint density at radius 3 is 2.19 bits per heavy atom. The molecular formula is C24H35N5O3. The van der Waals surface area contributed by atoms with Crippen molar-refractivity contribution in [3.63, 3.8) is 0 Å². The molecule has 3 aliphatic heterocycles. The molecule has 0 radical (unpaired) electrons. The number of piperidine rings is 1. The average Bonchev–Trinajstić information content (AvgIpc) is 3.37. The molecule has 3 heterocycles. The molecule has 0 bridgehead atoms.